The van der Waals surface area contributed by atoms with Crippen molar-refractivity contribution >= 4 is 23.3 Å². The van der Waals surface area contributed by atoms with E-state index >= 15 is 0 Å². The summed E-state index contributed by atoms with van der Waals surface area (Å²) in [4.78, 5) is 24.4. The van der Waals surface area contributed by atoms with Crippen molar-refractivity contribution in [2.75, 3.05) is 17.3 Å². The van der Waals surface area contributed by atoms with E-state index in [1.807, 2.05) is 0 Å². The van der Waals surface area contributed by atoms with Gasteiger partial charge in [0, 0.05) is 20.0 Å². The summed E-state index contributed by atoms with van der Waals surface area (Å²) in [5.41, 5.74) is 0.732. The highest BCUT2D eigenvalue weighted by Gasteiger charge is 2.24. The molecule has 0 aromatic heterocycles. The Kier molecular flexibility index (Phi) is 3.69. The molecule has 102 valence electrons. The molecule has 2 rings (SSSR count). The predicted octanol–water partition coefficient (Wildman–Crippen LogP) is 2.09. The van der Waals surface area contributed by atoms with Gasteiger partial charge in [-0.05, 0) is 31.0 Å². The maximum Gasteiger partial charge on any atom is 0.319 e. The summed E-state index contributed by atoms with van der Waals surface area (Å²) in [5.74, 6) is -0.667. The van der Waals surface area contributed by atoms with Crippen LogP contribution in [0.2, 0.25) is 0 Å². The molecule has 1 fully saturated rings. The monoisotopic (exact) mass is 265 g/mol. The number of hydrogen-bond acceptors (Lipinski definition) is 2. The van der Waals surface area contributed by atoms with E-state index in [9.17, 15) is 14.0 Å². The Hall–Kier alpha value is -2.11. The van der Waals surface area contributed by atoms with Gasteiger partial charge in [0.2, 0.25) is 5.91 Å². The van der Waals surface area contributed by atoms with Crippen molar-refractivity contribution in [3.63, 3.8) is 0 Å². The highest BCUT2D eigenvalue weighted by molar-refractivity contribution is 5.99. The zero-order valence-corrected chi connectivity index (χ0v) is 10.9. The minimum atomic E-state index is -0.470. The van der Waals surface area contributed by atoms with E-state index in [0.717, 1.165) is 12.8 Å². The van der Waals surface area contributed by atoms with E-state index in [1.54, 1.807) is 7.05 Å². The molecule has 0 unspecified atom stereocenters. The van der Waals surface area contributed by atoms with Crippen LogP contribution in [0.4, 0.5) is 20.6 Å². The molecular weight excluding hydrogens is 249 g/mol. The number of nitrogens with one attached hydrogen (secondary N) is 2. The summed E-state index contributed by atoms with van der Waals surface area (Å²) in [6.07, 6.45) is 1.94. The Morgan fingerprint density at radius 1 is 1.37 bits per heavy atom. The minimum Gasteiger partial charge on any atom is -0.335 e. The third-order valence-electron chi connectivity index (χ3n) is 2.95. The number of benzene rings is 1. The number of hydrogen-bond donors (Lipinski definition) is 2. The molecule has 0 bridgehead atoms. The fraction of sp³-hybridized carbons (Fsp3) is 0.385. The molecule has 5 nitrogen and oxygen atoms in total. The third kappa shape index (κ3) is 3.43. The third-order valence-corrected chi connectivity index (χ3v) is 2.95. The minimum absolute atomic E-state index is 0.197. The Bertz CT molecular complexity index is 515. The largest absolute Gasteiger partial charge is 0.335 e. The van der Waals surface area contributed by atoms with E-state index in [-0.39, 0.29) is 23.7 Å². The molecule has 1 aromatic carbocycles. The fourth-order valence-corrected chi connectivity index (χ4v) is 1.64. The van der Waals surface area contributed by atoms with E-state index in [2.05, 4.69) is 10.6 Å². The second-order valence-corrected chi connectivity index (χ2v) is 4.61. The summed E-state index contributed by atoms with van der Waals surface area (Å²) in [5, 5.41) is 5.32. The molecule has 0 radical (unpaired) electrons. The Balaban J connectivity index is 2.18. The lowest BCUT2D eigenvalue weighted by Gasteiger charge is -2.19. The lowest BCUT2D eigenvalue weighted by atomic mass is 10.2. The van der Waals surface area contributed by atoms with Crippen LogP contribution < -0.4 is 15.5 Å². The lowest BCUT2D eigenvalue weighted by Crippen LogP contribution is -2.32. The SMILES string of the molecule is CC(=O)N(C)c1ccc(F)cc1NC(=O)NC1CC1. The maximum absolute atomic E-state index is 13.3. The van der Waals surface area contributed by atoms with Crippen LogP contribution in [0.1, 0.15) is 19.8 Å². The van der Waals surface area contributed by atoms with Crippen LogP contribution in [0.3, 0.4) is 0 Å². The average Bonchev–Trinajstić information content (AvgIpc) is 3.12. The van der Waals surface area contributed by atoms with Gasteiger partial charge in [0.05, 0.1) is 11.4 Å². The molecule has 0 saturated heterocycles. The fourth-order valence-electron chi connectivity index (χ4n) is 1.64. The first-order valence-corrected chi connectivity index (χ1v) is 6.08. The quantitative estimate of drug-likeness (QED) is 0.879. The number of nitrogens with zero attached hydrogens (tertiary/aromatic N) is 1. The highest BCUT2D eigenvalue weighted by atomic mass is 19.1. The second kappa shape index (κ2) is 5.26. The number of carbonyl (C=O) groups is 2. The van der Waals surface area contributed by atoms with Crippen LogP contribution in [-0.4, -0.2) is 25.0 Å². The van der Waals surface area contributed by atoms with Gasteiger partial charge in [0.1, 0.15) is 5.82 Å². The number of anilines is 2. The van der Waals surface area contributed by atoms with Crippen molar-refractivity contribution in [3.8, 4) is 0 Å². The zero-order chi connectivity index (χ0) is 14.0. The Labute approximate surface area is 110 Å². The van der Waals surface area contributed by atoms with Gasteiger partial charge < -0.3 is 15.5 Å². The smallest absolute Gasteiger partial charge is 0.319 e. The Morgan fingerprint density at radius 3 is 2.63 bits per heavy atom. The topological polar surface area (TPSA) is 61.4 Å². The molecule has 3 amide bonds. The number of urea groups is 1. The average molecular weight is 265 g/mol. The first-order chi connectivity index (χ1) is 8.97. The molecule has 0 heterocycles. The van der Waals surface area contributed by atoms with Gasteiger partial charge in [-0.3, -0.25) is 4.79 Å². The molecule has 0 atom stereocenters. The Morgan fingerprint density at radius 2 is 2.05 bits per heavy atom. The van der Waals surface area contributed by atoms with E-state index in [1.165, 1.54) is 30.0 Å². The van der Waals surface area contributed by atoms with Crippen molar-refractivity contribution in [1.82, 2.24) is 5.32 Å². The van der Waals surface area contributed by atoms with Crippen molar-refractivity contribution in [3.05, 3.63) is 24.0 Å². The summed E-state index contributed by atoms with van der Waals surface area (Å²) < 4.78 is 13.3. The molecule has 0 aliphatic heterocycles. The van der Waals surface area contributed by atoms with Crippen LogP contribution in [0.25, 0.3) is 0 Å². The van der Waals surface area contributed by atoms with Crippen molar-refractivity contribution < 1.29 is 14.0 Å². The number of carbonyl (C=O) groups excluding carboxylic acids is 2. The molecule has 19 heavy (non-hydrogen) atoms. The molecule has 2 N–H and O–H groups in total. The number of rotatable bonds is 3. The van der Waals surface area contributed by atoms with Gasteiger partial charge in [-0.2, -0.15) is 0 Å². The van der Waals surface area contributed by atoms with Crippen LogP contribution in [0.5, 0.6) is 0 Å². The van der Waals surface area contributed by atoms with Crippen LogP contribution in [0, 0.1) is 5.82 Å². The van der Waals surface area contributed by atoms with Gasteiger partial charge in [0.15, 0.2) is 0 Å². The van der Waals surface area contributed by atoms with Crippen molar-refractivity contribution in [2.45, 2.75) is 25.8 Å². The molecule has 6 heteroatoms. The first kappa shape index (κ1) is 13.3. The molecule has 0 spiro atoms. The molecular formula is C13H16FN3O2. The van der Waals surface area contributed by atoms with Crippen LogP contribution in [0.15, 0.2) is 18.2 Å². The summed E-state index contributed by atoms with van der Waals surface area (Å²) >= 11 is 0. The number of amides is 3. The van der Waals surface area contributed by atoms with Gasteiger partial charge in [0.25, 0.3) is 0 Å². The maximum atomic E-state index is 13.3. The van der Waals surface area contributed by atoms with E-state index < -0.39 is 5.82 Å². The molecule has 1 aliphatic rings. The first-order valence-electron chi connectivity index (χ1n) is 6.08. The van der Waals surface area contributed by atoms with Crippen LogP contribution in [-0.2, 0) is 4.79 Å². The molecule has 1 aliphatic carbocycles. The summed E-state index contributed by atoms with van der Waals surface area (Å²) in [6, 6.07) is 3.73. The number of halogens is 1. The summed E-state index contributed by atoms with van der Waals surface area (Å²) in [7, 11) is 1.57. The predicted molar refractivity (Wildman–Crippen MR) is 70.7 cm³/mol. The summed E-state index contributed by atoms with van der Waals surface area (Å²) in [6.45, 7) is 1.40. The standard InChI is InChI=1S/C13H16FN3O2/c1-8(18)17(2)12-6-3-9(14)7-11(12)16-13(19)15-10-4-5-10/h3,6-7,10H,4-5H2,1-2H3,(H2,15,16,19). The lowest BCUT2D eigenvalue weighted by molar-refractivity contribution is -0.116. The second-order valence-electron chi connectivity index (χ2n) is 4.61. The normalized spacial score (nSPS) is 13.8. The highest BCUT2D eigenvalue weighted by Crippen LogP contribution is 2.26. The molecule has 1 saturated carbocycles. The van der Waals surface area contributed by atoms with E-state index in [0.29, 0.717) is 5.69 Å². The van der Waals surface area contributed by atoms with E-state index in [4.69, 9.17) is 0 Å². The van der Waals surface area contributed by atoms with Gasteiger partial charge >= 0.3 is 6.03 Å². The van der Waals surface area contributed by atoms with Crippen molar-refractivity contribution in [1.29, 1.82) is 0 Å². The van der Waals surface area contributed by atoms with Gasteiger partial charge in [-0.25, -0.2) is 9.18 Å². The zero-order valence-electron chi connectivity index (χ0n) is 10.9. The van der Waals surface area contributed by atoms with Crippen molar-refractivity contribution in [2.24, 2.45) is 0 Å². The van der Waals surface area contributed by atoms with Gasteiger partial charge in [-0.1, -0.05) is 0 Å². The molecule has 1 aromatic rings. The van der Waals surface area contributed by atoms with Gasteiger partial charge in [-0.15, -0.1) is 0 Å². The van der Waals surface area contributed by atoms with Crippen LogP contribution >= 0.6 is 0 Å².